The van der Waals surface area contributed by atoms with E-state index in [4.69, 9.17) is 0 Å². The van der Waals surface area contributed by atoms with Gasteiger partial charge in [0.2, 0.25) is 0 Å². The minimum absolute atomic E-state index is 0.766. The molecule has 0 aromatic carbocycles. The van der Waals surface area contributed by atoms with Crippen LogP contribution >= 0.6 is 0 Å². The van der Waals surface area contributed by atoms with Crippen molar-refractivity contribution in [1.29, 1.82) is 0 Å². The number of fused-ring (bicyclic) bond motifs is 1. The van der Waals surface area contributed by atoms with Crippen LogP contribution in [0.25, 0.3) is 11.5 Å². The van der Waals surface area contributed by atoms with E-state index in [-0.39, 0.29) is 0 Å². The topological polar surface area (TPSA) is 93.2 Å². The smallest absolute Gasteiger partial charge is 0.178 e. The van der Waals surface area contributed by atoms with Crippen LogP contribution in [0.15, 0.2) is 30.6 Å². The monoisotopic (exact) mass is 390 g/mol. The van der Waals surface area contributed by atoms with Gasteiger partial charge in [-0.2, -0.15) is 9.61 Å². The molecule has 0 unspecified atom stereocenters. The molecule has 4 aromatic rings. The average molecular weight is 390 g/mol. The summed E-state index contributed by atoms with van der Waals surface area (Å²) < 4.78 is 3.64. The van der Waals surface area contributed by atoms with Gasteiger partial charge in [0, 0.05) is 37.9 Å². The zero-order valence-electron chi connectivity index (χ0n) is 16.7. The fraction of sp³-hybridized carbons (Fsp3) is 0.368. The minimum Gasteiger partial charge on any atom is -0.353 e. The van der Waals surface area contributed by atoms with Gasteiger partial charge in [-0.25, -0.2) is 14.6 Å². The molecular formula is C19H22N10. The van der Waals surface area contributed by atoms with E-state index in [9.17, 15) is 0 Å². The Morgan fingerprint density at radius 2 is 1.48 bits per heavy atom. The third-order valence-electron chi connectivity index (χ3n) is 5.20. The van der Waals surface area contributed by atoms with Gasteiger partial charge in [0.1, 0.15) is 18.0 Å². The van der Waals surface area contributed by atoms with Crippen LogP contribution in [-0.4, -0.2) is 65.7 Å². The highest BCUT2D eigenvalue weighted by Crippen LogP contribution is 2.20. The van der Waals surface area contributed by atoms with Gasteiger partial charge in [0.15, 0.2) is 17.3 Å². The van der Waals surface area contributed by atoms with Crippen LogP contribution < -0.4 is 9.80 Å². The normalized spacial score (nSPS) is 14.7. The molecule has 1 saturated heterocycles. The van der Waals surface area contributed by atoms with Crippen LogP contribution in [0.2, 0.25) is 0 Å². The standard InChI is InChI=1S/C19H22N10/c1-13-10-14(2)28(24-13)19-11-18(20-12-21-19)27-8-6-26(7-9-27)17-5-4-16-23-22-15(3)29(16)25-17/h4-5,10-12H,6-9H2,1-3H3. The zero-order valence-corrected chi connectivity index (χ0v) is 16.7. The molecule has 1 fully saturated rings. The zero-order chi connectivity index (χ0) is 20.0. The molecule has 0 radical (unpaired) electrons. The van der Waals surface area contributed by atoms with Gasteiger partial charge in [-0.15, -0.1) is 15.3 Å². The summed E-state index contributed by atoms with van der Waals surface area (Å²) in [6.45, 7) is 9.35. The van der Waals surface area contributed by atoms with E-state index in [2.05, 4.69) is 40.2 Å². The van der Waals surface area contributed by atoms with Gasteiger partial charge in [-0.1, -0.05) is 0 Å². The largest absolute Gasteiger partial charge is 0.353 e. The van der Waals surface area contributed by atoms with Crippen molar-refractivity contribution in [2.75, 3.05) is 36.0 Å². The summed E-state index contributed by atoms with van der Waals surface area (Å²) in [5.74, 6) is 3.43. The quantitative estimate of drug-likeness (QED) is 0.518. The lowest BCUT2D eigenvalue weighted by Crippen LogP contribution is -2.47. The van der Waals surface area contributed by atoms with Crippen LogP contribution in [0.3, 0.4) is 0 Å². The predicted octanol–water partition coefficient (Wildman–Crippen LogP) is 1.35. The molecule has 10 heteroatoms. The Labute approximate surface area is 167 Å². The van der Waals surface area contributed by atoms with Crippen LogP contribution in [0, 0.1) is 20.8 Å². The molecular weight excluding hydrogens is 368 g/mol. The third-order valence-corrected chi connectivity index (χ3v) is 5.20. The summed E-state index contributed by atoms with van der Waals surface area (Å²) in [7, 11) is 0. The second kappa shape index (κ2) is 6.80. The van der Waals surface area contributed by atoms with E-state index in [0.29, 0.717) is 0 Å². The van der Waals surface area contributed by atoms with Crippen molar-refractivity contribution in [3.8, 4) is 5.82 Å². The van der Waals surface area contributed by atoms with Gasteiger partial charge in [-0.05, 0) is 39.0 Å². The molecule has 0 amide bonds. The molecule has 0 N–H and O–H groups in total. The molecule has 5 heterocycles. The Morgan fingerprint density at radius 1 is 0.759 bits per heavy atom. The van der Waals surface area contributed by atoms with Crippen molar-refractivity contribution < 1.29 is 0 Å². The molecule has 0 spiro atoms. The van der Waals surface area contributed by atoms with Gasteiger partial charge in [-0.3, -0.25) is 0 Å². The average Bonchev–Trinajstić information content (AvgIpc) is 3.29. The lowest BCUT2D eigenvalue weighted by atomic mass is 10.3. The van der Waals surface area contributed by atoms with E-state index < -0.39 is 0 Å². The summed E-state index contributed by atoms with van der Waals surface area (Å²) in [4.78, 5) is 13.4. The molecule has 1 aliphatic heterocycles. The van der Waals surface area contributed by atoms with Gasteiger partial charge in [0.25, 0.3) is 0 Å². The third kappa shape index (κ3) is 3.16. The highest BCUT2D eigenvalue weighted by atomic mass is 15.4. The fourth-order valence-corrected chi connectivity index (χ4v) is 3.71. The van der Waals surface area contributed by atoms with Crippen molar-refractivity contribution >= 4 is 17.3 Å². The van der Waals surface area contributed by atoms with Gasteiger partial charge >= 0.3 is 0 Å². The number of anilines is 2. The first-order valence-corrected chi connectivity index (χ1v) is 9.63. The molecule has 148 valence electrons. The molecule has 0 aliphatic carbocycles. The second-order valence-corrected chi connectivity index (χ2v) is 7.26. The summed E-state index contributed by atoms with van der Waals surface area (Å²) in [6, 6.07) is 8.01. The van der Waals surface area contributed by atoms with E-state index in [1.54, 1.807) is 10.8 Å². The van der Waals surface area contributed by atoms with Crippen LogP contribution in [0.4, 0.5) is 11.6 Å². The van der Waals surface area contributed by atoms with Crippen LogP contribution in [0.5, 0.6) is 0 Å². The summed E-state index contributed by atoms with van der Waals surface area (Å²) in [5.41, 5.74) is 2.80. The number of piperazine rings is 1. The molecule has 10 nitrogen and oxygen atoms in total. The number of aromatic nitrogens is 8. The lowest BCUT2D eigenvalue weighted by molar-refractivity contribution is 0.634. The van der Waals surface area contributed by atoms with E-state index in [1.807, 2.05) is 49.7 Å². The molecule has 0 saturated carbocycles. The summed E-state index contributed by atoms with van der Waals surface area (Å²) in [5, 5.41) is 17.4. The Balaban J connectivity index is 1.33. The summed E-state index contributed by atoms with van der Waals surface area (Å²) >= 11 is 0. The van der Waals surface area contributed by atoms with Crippen molar-refractivity contribution in [2.24, 2.45) is 0 Å². The number of rotatable bonds is 3. The van der Waals surface area contributed by atoms with Crippen molar-refractivity contribution in [1.82, 2.24) is 39.6 Å². The van der Waals surface area contributed by atoms with E-state index in [1.165, 1.54) is 0 Å². The van der Waals surface area contributed by atoms with E-state index in [0.717, 1.165) is 66.5 Å². The van der Waals surface area contributed by atoms with Crippen molar-refractivity contribution in [3.05, 3.63) is 47.8 Å². The Hall–Kier alpha value is -3.56. The Kier molecular flexibility index (Phi) is 4.11. The molecule has 29 heavy (non-hydrogen) atoms. The molecule has 4 aromatic heterocycles. The number of hydrogen-bond acceptors (Lipinski definition) is 8. The molecule has 1 aliphatic rings. The number of nitrogens with zero attached hydrogens (tertiary/aromatic N) is 10. The SMILES string of the molecule is Cc1cc(C)n(-c2cc(N3CCN(c4ccc5nnc(C)n5n4)CC3)ncn2)n1. The second-order valence-electron chi connectivity index (χ2n) is 7.26. The van der Waals surface area contributed by atoms with Crippen molar-refractivity contribution in [2.45, 2.75) is 20.8 Å². The van der Waals surface area contributed by atoms with Crippen LogP contribution in [0.1, 0.15) is 17.2 Å². The summed E-state index contributed by atoms with van der Waals surface area (Å²) in [6.07, 6.45) is 1.61. The lowest BCUT2D eigenvalue weighted by Gasteiger charge is -2.35. The van der Waals surface area contributed by atoms with Gasteiger partial charge in [0.05, 0.1) is 5.69 Å². The first-order chi connectivity index (χ1) is 14.1. The van der Waals surface area contributed by atoms with Gasteiger partial charge < -0.3 is 9.80 Å². The number of aryl methyl sites for hydroxylation is 3. The fourth-order valence-electron chi connectivity index (χ4n) is 3.71. The first-order valence-electron chi connectivity index (χ1n) is 9.63. The highest BCUT2D eigenvalue weighted by molar-refractivity contribution is 5.49. The molecule has 0 atom stereocenters. The van der Waals surface area contributed by atoms with Crippen molar-refractivity contribution in [3.63, 3.8) is 0 Å². The maximum Gasteiger partial charge on any atom is 0.178 e. The highest BCUT2D eigenvalue weighted by Gasteiger charge is 2.21. The minimum atomic E-state index is 0.766. The van der Waals surface area contributed by atoms with E-state index >= 15 is 0 Å². The Morgan fingerprint density at radius 3 is 2.21 bits per heavy atom. The van der Waals surface area contributed by atoms with Crippen LogP contribution in [-0.2, 0) is 0 Å². The first kappa shape index (κ1) is 17.5. The molecule has 5 rings (SSSR count). The Bertz CT molecular complexity index is 1170. The maximum atomic E-state index is 4.68. The number of hydrogen-bond donors (Lipinski definition) is 0. The maximum absolute atomic E-state index is 4.68. The molecule has 0 bridgehead atoms. The predicted molar refractivity (Wildman–Crippen MR) is 109 cm³/mol.